The van der Waals surface area contributed by atoms with E-state index >= 15 is 0 Å². The van der Waals surface area contributed by atoms with Crippen LogP contribution in [0.15, 0.2) is 9.98 Å². The number of piperidine rings is 2. The van der Waals surface area contributed by atoms with Crippen molar-refractivity contribution in [3.05, 3.63) is 10.6 Å². The summed E-state index contributed by atoms with van der Waals surface area (Å²) in [6.45, 7) is 2.07. The smallest absolute Gasteiger partial charge is 0.0496 e. The maximum atomic E-state index is 7.13. The fourth-order valence-corrected chi connectivity index (χ4v) is 5.19. The van der Waals surface area contributed by atoms with E-state index in [2.05, 4.69) is 58.3 Å². The van der Waals surface area contributed by atoms with Gasteiger partial charge in [0.05, 0.1) is 0 Å². The van der Waals surface area contributed by atoms with Crippen molar-refractivity contribution in [2.24, 2.45) is 9.98 Å². The molecule has 11 heteroatoms. The van der Waals surface area contributed by atoms with Crippen LogP contribution >= 0.6 is 23.2 Å². The van der Waals surface area contributed by atoms with Gasteiger partial charge in [-0.15, -0.1) is 36.3 Å². The van der Waals surface area contributed by atoms with E-state index in [4.69, 9.17) is 33.7 Å². The van der Waals surface area contributed by atoms with E-state index in [9.17, 15) is 0 Å². The molecule has 2 aliphatic heterocycles. The molecule has 4 rings (SSSR count). The Morgan fingerprint density at radius 1 is 0.622 bits per heavy atom. The SMILES string of the molecule is ClC1CCC(N=CC2CCCC[N-]2)CC1.ClC1CCC(N=CC2CCCC[N-]2)CC1.N#C[S-].N#C[S-].[Mn]. The van der Waals surface area contributed by atoms with Crippen molar-refractivity contribution in [2.75, 3.05) is 13.1 Å². The molecule has 0 N–H and O–H groups in total. The second-order valence-corrected chi connectivity index (χ2v) is 11.1. The molecule has 2 saturated heterocycles. The summed E-state index contributed by atoms with van der Waals surface area (Å²) in [5.74, 6) is 0. The number of aliphatic imine (C=N–C) groups is 2. The van der Waals surface area contributed by atoms with Crippen molar-refractivity contribution >= 4 is 60.9 Å². The van der Waals surface area contributed by atoms with E-state index in [1.54, 1.807) is 0 Å². The number of halogens is 2. The molecule has 0 aromatic carbocycles. The predicted octanol–water partition coefficient (Wildman–Crippen LogP) is 7.09. The van der Waals surface area contributed by atoms with Gasteiger partial charge in [-0.05, 0) is 63.8 Å². The number of nitriles is 2. The van der Waals surface area contributed by atoms with Crippen molar-refractivity contribution < 1.29 is 17.1 Å². The number of thiocyanates is 2. The third-order valence-corrected chi connectivity index (χ3v) is 7.61. The fourth-order valence-electron chi connectivity index (χ4n) is 4.68. The van der Waals surface area contributed by atoms with Crippen molar-refractivity contribution in [2.45, 2.75) is 125 Å². The van der Waals surface area contributed by atoms with E-state index in [1.165, 1.54) is 49.3 Å². The van der Waals surface area contributed by atoms with Crippen molar-refractivity contribution in [1.29, 1.82) is 10.5 Å². The van der Waals surface area contributed by atoms with Crippen LogP contribution in [-0.4, -0.2) is 60.4 Å². The number of nitrogens with zero attached hydrogens (tertiary/aromatic N) is 6. The Bertz CT molecular complexity index is 618. The standard InChI is InChI=1S/2C12H20ClN2.2CHNS.Mn/c2*13-10-4-6-11(7-5-10)15-9-12-3-1-2-8-14-12;2*2-1-3;/h2*9-12H,1-8H2;2*3H;/q2*-1;;;/p-2. The Balaban J connectivity index is 0.000000566. The van der Waals surface area contributed by atoms with Crippen LogP contribution in [0.1, 0.15) is 89.9 Å². The van der Waals surface area contributed by atoms with Gasteiger partial charge in [0, 0.05) is 39.9 Å². The van der Waals surface area contributed by atoms with Crippen molar-refractivity contribution in [3.8, 4) is 10.8 Å². The van der Waals surface area contributed by atoms with Crippen LogP contribution in [0.5, 0.6) is 0 Å². The van der Waals surface area contributed by atoms with Gasteiger partial charge in [-0.1, -0.05) is 61.4 Å². The normalized spacial score (nSPS) is 31.5. The quantitative estimate of drug-likeness (QED) is 0.109. The summed E-state index contributed by atoms with van der Waals surface area (Å²) in [6.07, 6.45) is 20.9. The largest absolute Gasteiger partial charge is 0.696 e. The Labute approximate surface area is 256 Å². The maximum Gasteiger partial charge on any atom is 0.0496 e. The van der Waals surface area contributed by atoms with Crippen LogP contribution in [0.2, 0.25) is 0 Å². The molecule has 0 spiro atoms. The summed E-state index contributed by atoms with van der Waals surface area (Å²) >= 11 is 19.5. The summed E-state index contributed by atoms with van der Waals surface area (Å²) in [5, 5.41) is 26.8. The Kier molecular flexibility index (Phi) is 24.6. The molecule has 4 fully saturated rings. The van der Waals surface area contributed by atoms with Crippen LogP contribution in [0, 0.1) is 21.3 Å². The van der Waals surface area contributed by atoms with Gasteiger partial charge in [-0.25, -0.2) is 10.5 Å². The topological polar surface area (TPSA) is 100 Å². The molecule has 1 radical (unpaired) electrons. The van der Waals surface area contributed by atoms with Crippen LogP contribution in [0.4, 0.5) is 0 Å². The van der Waals surface area contributed by atoms with E-state index in [1.807, 2.05) is 0 Å². The Morgan fingerprint density at radius 3 is 1.22 bits per heavy atom. The van der Waals surface area contributed by atoms with Crippen LogP contribution in [0.3, 0.4) is 0 Å². The first-order valence-corrected chi connectivity index (χ1v) is 14.9. The Hall–Kier alpha value is -0.221. The van der Waals surface area contributed by atoms with Gasteiger partial charge in [-0.3, -0.25) is 9.98 Å². The van der Waals surface area contributed by atoms with E-state index in [0.717, 1.165) is 64.5 Å². The van der Waals surface area contributed by atoms with Gasteiger partial charge in [0.1, 0.15) is 0 Å². The van der Waals surface area contributed by atoms with Crippen LogP contribution in [0.25, 0.3) is 10.6 Å². The molecular weight excluding hydrogens is 586 g/mol. The second kappa shape index (κ2) is 24.8. The number of hydrogen-bond acceptors (Lipinski definition) is 6. The van der Waals surface area contributed by atoms with Gasteiger partial charge < -0.3 is 35.9 Å². The number of hydrogen-bond donors (Lipinski definition) is 0. The van der Waals surface area contributed by atoms with E-state index in [-0.39, 0.29) is 17.1 Å². The van der Waals surface area contributed by atoms with Crippen molar-refractivity contribution in [1.82, 2.24) is 0 Å². The third-order valence-electron chi connectivity index (χ3n) is 6.73. The first-order valence-electron chi connectivity index (χ1n) is 13.2. The molecule has 0 amide bonds. The molecule has 2 atom stereocenters. The maximum absolute atomic E-state index is 7.13. The minimum Gasteiger partial charge on any atom is -0.696 e. The molecule has 2 aliphatic carbocycles. The average molecular weight is 627 g/mol. The van der Waals surface area contributed by atoms with E-state index < -0.39 is 0 Å². The number of rotatable bonds is 4. The van der Waals surface area contributed by atoms with Gasteiger partial charge in [0.2, 0.25) is 0 Å². The molecule has 6 nitrogen and oxygen atoms in total. The van der Waals surface area contributed by atoms with Crippen LogP contribution in [-0.2, 0) is 42.3 Å². The fraction of sp³-hybridized carbons (Fsp3) is 0.846. The monoisotopic (exact) mass is 625 g/mol. The molecule has 211 valence electrons. The molecule has 2 unspecified atom stereocenters. The molecule has 0 aromatic heterocycles. The summed E-state index contributed by atoms with van der Waals surface area (Å²) < 4.78 is 0. The van der Waals surface area contributed by atoms with E-state index in [0.29, 0.717) is 34.9 Å². The second-order valence-electron chi connectivity index (χ2n) is 9.53. The molecule has 37 heavy (non-hydrogen) atoms. The molecule has 0 aromatic rings. The zero-order valence-electron chi connectivity index (χ0n) is 21.6. The first-order chi connectivity index (χ1) is 17.5. The van der Waals surface area contributed by atoms with Gasteiger partial charge in [-0.2, -0.15) is 0 Å². The summed E-state index contributed by atoms with van der Waals surface area (Å²) in [6, 6.07) is 1.87. The molecule has 4 aliphatic rings. The van der Waals surface area contributed by atoms with Crippen molar-refractivity contribution in [3.63, 3.8) is 0 Å². The predicted molar refractivity (Wildman–Crippen MR) is 158 cm³/mol. The zero-order chi connectivity index (χ0) is 26.4. The molecule has 2 saturated carbocycles. The van der Waals surface area contributed by atoms with Gasteiger partial charge >= 0.3 is 0 Å². The van der Waals surface area contributed by atoms with Crippen LogP contribution < -0.4 is 0 Å². The third kappa shape index (κ3) is 19.5. The minimum absolute atomic E-state index is 0. The summed E-state index contributed by atoms with van der Waals surface area (Å²) in [5.41, 5.74) is 0. The molecule has 0 bridgehead atoms. The molecular formula is C26H40Cl2MnN6S2-4. The zero-order valence-corrected chi connectivity index (χ0v) is 25.9. The summed E-state index contributed by atoms with van der Waals surface area (Å²) in [7, 11) is 0. The number of alkyl halides is 2. The first kappa shape index (κ1) is 36.8. The summed E-state index contributed by atoms with van der Waals surface area (Å²) in [4.78, 5) is 9.33. The minimum atomic E-state index is 0. The molecule has 2 heterocycles. The average Bonchev–Trinajstić information content (AvgIpc) is 2.91. The van der Waals surface area contributed by atoms with Gasteiger partial charge in [0.15, 0.2) is 0 Å². The Morgan fingerprint density at radius 2 is 0.946 bits per heavy atom. The van der Waals surface area contributed by atoms with Gasteiger partial charge in [0.25, 0.3) is 0 Å².